The Labute approximate surface area is 98.9 Å². The molecule has 3 aromatic rings. The summed E-state index contributed by atoms with van der Waals surface area (Å²) in [5.74, 6) is -0.232. The normalized spacial score (nSPS) is 10.9. The number of hydrogen-bond acceptors (Lipinski definition) is 1. The molecule has 0 atom stereocenters. The van der Waals surface area contributed by atoms with Crippen LogP contribution in [0.5, 0.6) is 0 Å². The van der Waals surface area contributed by atoms with Gasteiger partial charge in [0.2, 0.25) is 0 Å². The van der Waals surface area contributed by atoms with Gasteiger partial charge in [-0.2, -0.15) is 5.10 Å². The number of rotatable bonds is 1. The van der Waals surface area contributed by atoms with E-state index in [1.165, 1.54) is 17.6 Å². The van der Waals surface area contributed by atoms with E-state index in [1.807, 2.05) is 20.0 Å². The van der Waals surface area contributed by atoms with Gasteiger partial charge in [0.25, 0.3) is 0 Å². The lowest BCUT2D eigenvalue weighted by molar-refractivity contribution is 0.628. The zero-order valence-corrected chi connectivity index (χ0v) is 9.37. The third kappa shape index (κ3) is 1.71. The number of aromatic nitrogens is 2. The first-order valence-corrected chi connectivity index (χ1v) is 5.45. The Hall–Kier alpha value is -2.10. The fourth-order valence-corrected chi connectivity index (χ4v) is 1.96. The molecule has 2 nitrogen and oxygen atoms in total. The van der Waals surface area contributed by atoms with Crippen LogP contribution >= 0.6 is 0 Å². The van der Waals surface area contributed by atoms with Gasteiger partial charge in [-0.1, -0.05) is 17.6 Å². The monoisotopic (exact) mass is 224 g/mol. The molecule has 0 aliphatic carbocycles. The highest BCUT2D eigenvalue weighted by molar-refractivity contribution is 6.33. The standard InChI is InChI=1S/C13H10BFN2/c14-9-3-6-11-12(7-9)16-17-13(11)8-1-4-10(15)5-2-8/h1-7H,14H2,(H,16,17). The van der Waals surface area contributed by atoms with Crippen LogP contribution in [0.4, 0.5) is 4.39 Å². The van der Waals surface area contributed by atoms with E-state index in [9.17, 15) is 4.39 Å². The largest absolute Gasteiger partial charge is 0.277 e. The van der Waals surface area contributed by atoms with E-state index in [0.717, 1.165) is 22.2 Å². The molecule has 3 rings (SSSR count). The summed E-state index contributed by atoms with van der Waals surface area (Å²) in [4.78, 5) is 0. The predicted molar refractivity (Wildman–Crippen MR) is 69.7 cm³/mol. The molecule has 0 bridgehead atoms. The van der Waals surface area contributed by atoms with Crippen molar-refractivity contribution in [1.82, 2.24) is 10.2 Å². The third-order valence-electron chi connectivity index (χ3n) is 2.84. The van der Waals surface area contributed by atoms with Crippen molar-refractivity contribution >= 4 is 24.2 Å². The number of halogens is 1. The van der Waals surface area contributed by atoms with Crippen LogP contribution in [0.15, 0.2) is 42.5 Å². The molecular weight excluding hydrogens is 214 g/mol. The van der Waals surface area contributed by atoms with Gasteiger partial charge in [0.15, 0.2) is 0 Å². The maximum Gasteiger partial charge on any atom is 0.139 e. The minimum atomic E-state index is -0.232. The van der Waals surface area contributed by atoms with Gasteiger partial charge in [-0.05, 0) is 30.3 Å². The molecule has 1 heterocycles. The fraction of sp³-hybridized carbons (Fsp3) is 0. The van der Waals surface area contributed by atoms with E-state index in [-0.39, 0.29) is 5.82 Å². The number of aromatic amines is 1. The van der Waals surface area contributed by atoms with Crippen LogP contribution in [-0.4, -0.2) is 18.0 Å². The molecule has 2 aromatic carbocycles. The average Bonchev–Trinajstić information content (AvgIpc) is 2.73. The first-order chi connectivity index (χ1) is 8.24. The van der Waals surface area contributed by atoms with Crippen LogP contribution in [0.25, 0.3) is 22.2 Å². The minimum Gasteiger partial charge on any atom is -0.277 e. The van der Waals surface area contributed by atoms with E-state index in [0.29, 0.717) is 0 Å². The lowest BCUT2D eigenvalue weighted by Crippen LogP contribution is -1.99. The number of benzene rings is 2. The molecule has 0 aliphatic heterocycles. The molecule has 17 heavy (non-hydrogen) atoms. The summed E-state index contributed by atoms with van der Waals surface area (Å²) in [5.41, 5.74) is 3.97. The molecule has 1 N–H and O–H groups in total. The lowest BCUT2D eigenvalue weighted by Gasteiger charge is -1.98. The molecular formula is C13H10BFN2. The molecule has 0 saturated heterocycles. The second kappa shape index (κ2) is 3.73. The van der Waals surface area contributed by atoms with Gasteiger partial charge < -0.3 is 0 Å². The summed E-state index contributed by atoms with van der Waals surface area (Å²) in [6.07, 6.45) is 0. The van der Waals surface area contributed by atoms with Crippen molar-refractivity contribution in [2.75, 3.05) is 0 Å². The maximum atomic E-state index is 12.9. The number of H-pyrrole nitrogens is 1. The van der Waals surface area contributed by atoms with E-state index in [2.05, 4.69) is 16.3 Å². The van der Waals surface area contributed by atoms with Gasteiger partial charge in [-0.25, -0.2) is 4.39 Å². The van der Waals surface area contributed by atoms with Crippen LogP contribution in [0.3, 0.4) is 0 Å². The summed E-state index contributed by atoms with van der Waals surface area (Å²) < 4.78 is 12.9. The SMILES string of the molecule is Bc1ccc2c(-c3ccc(F)cc3)n[nH]c2c1. The van der Waals surface area contributed by atoms with Gasteiger partial charge in [0.1, 0.15) is 13.7 Å². The van der Waals surface area contributed by atoms with Crippen LogP contribution < -0.4 is 5.46 Å². The molecule has 0 spiro atoms. The third-order valence-corrected chi connectivity index (χ3v) is 2.84. The van der Waals surface area contributed by atoms with Gasteiger partial charge in [0.05, 0.1) is 11.2 Å². The van der Waals surface area contributed by atoms with Crippen molar-refractivity contribution in [3.63, 3.8) is 0 Å². The highest BCUT2D eigenvalue weighted by Crippen LogP contribution is 2.25. The van der Waals surface area contributed by atoms with Crippen molar-refractivity contribution in [1.29, 1.82) is 0 Å². The van der Waals surface area contributed by atoms with E-state index >= 15 is 0 Å². The molecule has 0 saturated carbocycles. The first kappa shape index (κ1) is 10.1. The van der Waals surface area contributed by atoms with Crippen molar-refractivity contribution < 1.29 is 4.39 Å². The summed E-state index contributed by atoms with van der Waals surface area (Å²) in [6, 6.07) is 12.5. The van der Waals surface area contributed by atoms with Crippen molar-refractivity contribution in [2.24, 2.45) is 0 Å². The predicted octanol–water partition coefficient (Wildman–Crippen LogP) is 1.63. The molecule has 0 fully saturated rings. The van der Waals surface area contributed by atoms with Crippen LogP contribution in [0.2, 0.25) is 0 Å². The van der Waals surface area contributed by atoms with Crippen LogP contribution in [-0.2, 0) is 0 Å². The zero-order chi connectivity index (χ0) is 11.8. The second-order valence-electron chi connectivity index (χ2n) is 4.13. The summed E-state index contributed by atoms with van der Waals surface area (Å²) in [7, 11) is 2.04. The average molecular weight is 224 g/mol. The smallest absolute Gasteiger partial charge is 0.139 e. The summed E-state index contributed by atoms with van der Waals surface area (Å²) in [6.45, 7) is 0. The molecule has 0 radical (unpaired) electrons. The quantitative estimate of drug-likeness (QED) is 0.625. The van der Waals surface area contributed by atoms with E-state index < -0.39 is 0 Å². The Morgan fingerprint density at radius 2 is 1.82 bits per heavy atom. The number of hydrogen-bond donors (Lipinski definition) is 1. The first-order valence-electron chi connectivity index (χ1n) is 5.45. The molecule has 4 heteroatoms. The Bertz CT molecular complexity index is 673. The Balaban J connectivity index is 2.21. The van der Waals surface area contributed by atoms with Gasteiger partial charge in [0, 0.05) is 10.9 Å². The van der Waals surface area contributed by atoms with Gasteiger partial charge >= 0.3 is 0 Å². The number of nitrogens with zero attached hydrogens (tertiary/aromatic N) is 1. The van der Waals surface area contributed by atoms with E-state index in [1.54, 1.807) is 12.1 Å². The summed E-state index contributed by atoms with van der Waals surface area (Å²) >= 11 is 0. The van der Waals surface area contributed by atoms with Crippen molar-refractivity contribution in [2.45, 2.75) is 0 Å². The Morgan fingerprint density at radius 1 is 1.06 bits per heavy atom. The molecule has 82 valence electrons. The number of nitrogens with one attached hydrogen (secondary N) is 1. The zero-order valence-electron chi connectivity index (χ0n) is 9.37. The van der Waals surface area contributed by atoms with Crippen LogP contribution in [0, 0.1) is 5.82 Å². The topological polar surface area (TPSA) is 28.7 Å². The van der Waals surface area contributed by atoms with Gasteiger partial charge in [-0.15, -0.1) is 0 Å². The van der Waals surface area contributed by atoms with Gasteiger partial charge in [-0.3, -0.25) is 5.10 Å². The molecule has 0 unspecified atom stereocenters. The maximum absolute atomic E-state index is 12.9. The molecule has 1 aromatic heterocycles. The Kier molecular flexibility index (Phi) is 2.21. The Morgan fingerprint density at radius 3 is 2.59 bits per heavy atom. The van der Waals surface area contributed by atoms with Crippen molar-refractivity contribution in [3.05, 3.63) is 48.3 Å². The minimum absolute atomic E-state index is 0.232. The fourth-order valence-electron chi connectivity index (χ4n) is 1.96. The molecule has 0 aliphatic rings. The van der Waals surface area contributed by atoms with Crippen molar-refractivity contribution in [3.8, 4) is 11.3 Å². The second-order valence-corrected chi connectivity index (χ2v) is 4.13. The number of fused-ring (bicyclic) bond motifs is 1. The lowest BCUT2D eigenvalue weighted by atomic mass is 9.94. The summed E-state index contributed by atoms with van der Waals surface area (Å²) in [5, 5.41) is 8.34. The van der Waals surface area contributed by atoms with E-state index in [4.69, 9.17) is 0 Å². The highest BCUT2D eigenvalue weighted by Gasteiger charge is 2.07. The highest BCUT2D eigenvalue weighted by atomic mass is 19.1. The van der Waals surface area contributed by atoms with Crippen LogP contribution in [0.1, 0.15) is 0 Å². The molecule has 0 amide bonds.